The average molecular weight is 194 g/mol. The maximum Gasteiger partial charge on any atom is 0.348 e. The summed E-state index contributed by atoms with van der Waals surface area (Å²) in [6.07, 6.45) is -0.898. The Labute approximate surface area is 81.1 Å². The Hall–Kier alpha value is -1.71. The lowest BCUT2D eigenvalue weighted by Crippen LogP contribution is -2.36. The third-order valence-electron chi connectivity index (χ3n) is 2.03. The van der Waals surface area contributed by atoms with Gasteiger partial charge in [0.05, 0.1) is 0 Å². The minimum atomic E-state index is -1.00. The fraction of sp³-hybridized carbons (Fsp3) is 0.300. The van der Waals surface area contributed by atoms with Crippen LogP contribution in [0.15, 0.2) is 18.2 Å². The van der Waals surface area contributed by atoms with Gasteiger partial charge in [-0.05, 0) is 24.6 Å². The predicted octanol–water partition coefficient (Wildman–Crippen LogP) is 1.22. The molecule has 0 spiro atoms. The van der Waals surface area contributed by atoms with Crippen molar-refractivity contribution < 1.29 is 19.4 Å². The zero-order valence-electron chi connectivity index (χ0n) is 7.69. The van der Waals surface area contributed by atoms with E-state index in [4.69, 9.17) is 14.6 Å². The molecule has 1 atom stereocenters. The Morgan fingerprint density at radius 2 is 2.29 bits per heavy atom. The number of fused-ring (bicyclic) bond motifs is 1. The van der Waals surface area contributed by atoms with Crippen molar-refractivity contribution in [1.82, 2.24) is 0 Å². The summed E-state index contributed by atoms with van der Waals surface area (Å²) in [7, 11) is 0. The lowest BCUT2D eigenvalue weighted by molar-refractivity contribution is -0.147. The number of benzene rings is 1. The molecule has 0 aromatic heterocycles. The molecule has 2 rings (SSSR count). The van der Waals surface area contributed by atoms with Gasteiger partial charge in [0.2, 0.25) is 6.10 Å². The first-order chi connectivity index (χ1) is 6.66. The quantitative estimate of drug-likeness (QED) is 0.730. The van der Waals surface area contributed by atoms with Crippen LogP contribution in [0.5, 0.6) is 11.5 Å². The Bertz CT molecular complexity index is 372. The van der Waals surface area contributed by atoms with Crippen LogP contribution in [0.4, 0.5) is 0 Å². The second kappa shape index (κ2) is 3.21. The van der Waals surface area contributed by atoms with Crippen LogP contribution in [0.1, 0.15) is 5.56 Å². The Balaban J connectivity index is 2.27. The van der Waals surface area contributed by atoms with Crippen molar-refractivity contribution in [2.75, 3.05) is 6.61 Å². The topological polar surface area (TPSA) is 55.8 Å². The van der Waals surface area contributed by atoms with Gasteiger partial charge in [-0.2, -0.15) is 0 Å². The highest BCUT2D eigenvalue weighted by Crippen LogP contribution is 2.32. The molecule has 1 aliphatic rings. The molecule has 1 aromatic carbocycles. The molecular weight excluding hydrogens is 184 g/mol. The molecule has 1 aromatic rings. The van der Waals surface area contributed by atoms with Gasteiger partial charge in [0.1, 0.15) is 6.61 Å². The highest BCUT2D eigenvalue weighted by atomic mass is 16.6. The number of aryl methyl sites for hydroxylation is 1. The lowest BCUT2D eigenvalue weighted by Gasteiger charge is -2.23. The van der Waals surface area contributed by atoms with Gasteiger partial charge in [-0.25, -0.2) is 4.79 Å². The summed E-state index contributed by atoms with van der Waals surface area (Å²) in [5.41, 5.74) is 1.06. The normalized spacial score (nSPS) is 19.1. The van der Waals surface area contributed by atoms with E-state index in [9.17, 15) is 4.79 Å². The zero-order valence-corrected chi connectivity index (χ0v) is 7.69. The first kappa shape index (κ1) is 8.87. The first-order valence-corrected chi connectivity index (χ1v) is 4.30. The Kier molecular flexibility index (Phi) is 2.04. The molecule has 1 N–H and O–H groups in total. The van der Waals surface area contributed by atoms with Crippen molar-refractivity contribution in [3.8, 4) is 11.5 Å². The number of aliphatic carboxylic acids is 1. The second-order valence-electron chi connectivity index (χ2n) is 3.21. The van der Waals surface area contributed by atoms with E-state index in [0.29, 0.717) is 11.5 Å². The molecule has 14 heavy (non-hydrogen) atoms. The van der Waals surface area contributed by atoms with E-state index >= 15 is 0 Å². The lowest BCUT2D eigenvalue weighted by atomic mass is 10.2. The second-order valence-corrected chi connectivity index (χ2v) is 3.21. The fourth-order valence-corrected chi connectivity index (χ4v) is 1.30. The molecule has 1 heterocycles. The molecule has 4 nitrogen and oxygen atoms in total. The maximum absolute atomic E-state index is 10.6. The molecule has 1 aliphatic heterocycles. The third kappa shape index (κ3) is 1.51. The minimum absolute atomic E-state index is 0.0613. The summed E-state index contributed by atoms with van der Waals surface area (Å²) in [5, 5.41) is 8.71. The van der Waals surface area contributed by atoms with E-state index < -0.39 is 12.1 Å². The van der Waals surface area contributed by atoms with E-state index in [-0.39, 0.29) is 6.61 Å². The van der Waals surface area contributed by atoms with Crippen molar-refractivity contribution in [3.05, 3.63) is 23.8 Å². The number of ether oxygens (including phenoxy) is 2. The van der Waals surface area contributed by atoms with Crippen LogP contribution >= 0.6 is 0 Å². The summed E-state index contributed by atoms with van der Waals surface area (Å²) in [5.74, 6) is 0.105. The Morgan fingerprint density at radius 1 is 1.50 bits per heavy atom. The standard InChI is InChI=1S/C10H10O4/c1-6-2-3-7-8(4-6)13-5-9(14-7)10(11)12/h2-4,9H,5H2,1H3,(H,11,12). The van der Waals surface area contributed by atoms with Crippen molar-refractivity contribution in [1.29, 1.82) is 0 Å². The number of hydrogen-bond donors (Lipinski definition) is 1. The molecular formula is C10H10O4. The smallest absolute Gasteiger partial charge is 0.348 e. The van der Waals surface area contributed by atoms with Crippen molar-refractivity contribution >= 4 is 5.97 Å². The van der Waals surface area contributed by atoms with Crippen LogP contribution in [-0.2, 0) is 4.79 Å². The monoisotopic (exact) mass is 194 g/mol. The SMILES string of the molecule is Cc1ccc2c(c1)OCC(C(=O)O)O2. The van der Waals surface area contributed by atoms with E-state index in [1.165, 1.54) is 0 Å². The summed E-state index contributed by atoms with van der Waals surface area (Å²) in [6.45, 7) is 2.00. The molecule has 0 saturated carbocycles. The van der Waals surface area contributed by atoms with Gasteiger partial charge >= 0.3 is 5.97 Å². The number of carboxylic acids is 1. The van der Waals surface area contributed by atoms with E-state index in [0.717, 1.165) is 5.56 Å². The number of rotatable bonds is 1. The van der Waals surface area contributed by atoms with E-state index in [2.05, 4.69) is 0 Å². The van der Waals surface area contributed by atoms with Crippen LogP contribution in [0.2, 0.25) is 0 Å². The summed E-state index contributed by atoms with van der Waals surface area (Å²) >= 11 is 0. The molecule has 0 radical (unpaired) electrons. The van der Waals surface area contributed by atoms with Gasteiger partial charge < -0.3 is 14.6 Å². The maximum atomic E-state index is 10.6. The van der Waals surface area contributed by atoms with Crippen molar-refractivity contribution in [2.24, 2.45) is 0 Å². The molecule has 0 amide bonds. The summed E-state index contributed by atoms with van der Waals surface area (Å²) in [4.78, 5) is 10.6. The molecule has 0 saturated heterocycles. The predicted molar refractivity (Wildman–Crippen MR) is 48.7 cm³/mol. The molecule has 0 bridgehead atoms. The molecule has 74 valence electrons. The van der Waals surface area contributed by atoms with Crippen LogP contribution in [-0.4, -0.2) is 23.8 Å². The van der Waals surface area contributed by atoms with E-state index in [1.54, 1.807) is 6.07 Å². The minimum Gasteiger partial charge on any atom is -0.485 e. The summed E-state index contributed by atoms with van der Waals surface area (Å²) in [6, 6.07) is 5.40. The van der Waals surface area contributed by atoms with Crippen LogP contribution in [0.3, 0.4) is 0 Å². The first-order valence-electron chi connectivity index (χ1n) is 4.30. The molecule has 0 fully saturated rings. The third-order valence-corrected chi connectivity index (χ3v) is 2.03. The van der Waals surface area contributed by atoms with Crippen molar-refractivity contribution in [2.45, 2.75) is 13.0 Å². The average Bonchev–Trinajstić information content (AvgIpc) is 2.16. The van der Waals surface area contributed by atoms with E-state index in [1.807, 2.05) is 19.1 Å². The van der Waals surface area contributed by atoms with Crippen LogP contribution in [0.25, 0.3) is 0 Å². The zero-order chi connectivity index (χ0) is 10.1. The van der Waals surface area contributed by atoms with Gasteiger partial charge in [-0.15, -0.1) is 0 Å². The molecule has 0 aliphatic carbocycles. The van der Waals surface area contributed by atoms with Crippen LogP contribution in [0, 0.1) is 6.92 Å². The highest BCUT2D eigenvalue weighted by Gasteiger charge is 2.26. The molecule has 1 unspecified atom stereocenters. The highest BCUT2D eigenvalue weighted by molar-refractivity contribution is 5.73. The fourth-order valence-electron chi connectivity index (χ4n) is 1.30. The summed E-state index contributed by atoms with van der Waals surface area (Å²) < 4.78 is 10.5. The van der Waals surface area contributed by atoms with Gasteiger partial charge in [0, 0.05) is 0 Å². The van der Waals surface area contributed by atoms with Gasteiger partial charge in [0.25, 0.3) is 0 Å². The number of carboxylic acid groups (broad SMARTS) is 1. The number of carbonyl (C=O) groups is 1. The Morgan fingerprint density at radius 3 is 3.00 bits per heavy atom. The van der Waals surface area contributed by atoms with Gasteiger partial charge in [-0.1, -0.05) is 6.07 Å². The van der Waals surface area contributed by atoms with Gasteiger partial charge in [0.15, 0.2) is 11.5 Å². The van der Waals surface area contributed by atoms with Crippen LogP contribution < -0.4 is 9.47 Å². The van der Waals surface area contributed by atoms with Gasteiger partial charge in [-0.3, -0.25) is 0 Å². The largest absolute Gasteiger partial charge is 0.485 e. The number of hydrogen-bond acceptors (Lipinski definition) is 3. The van der Waals surface area contributed by atoms with Crippen molar-refractivity contribution in [3.63, 3.8) is 0 Å². The molecule has 4 heteroatoms.